The first kappa shape index (κ1) is 17.2. The van der Waals surface area contributed by atoms with Gasteiger partial charge in [-0.15, -0.1) is 11.8 Å². The zero-order chi connectivity index (χ0) is 16.2. The van der Waals surface area contributed by atoms with E-state index < -0.39 is 0 Å². The van der Waals surface area contributed by atoms with Gasteiger partial charge in [0.2, 0.25) is 0 Å². The highest BCUT2D eigenvalue weighted by molar-refractivity contribution is 8.13. The van der Waals surface area contributed by atoms with Crippen LogP contribution in [0.1, 0.15) is 51.7 Å². The zero-order valence-electron chi connectivity index (χ0n) is 14.4. The standard InChI is InChI=1S/C18H27NO2S/c1-6-8-20-15-10-13-12-18(3,4)19-17(22-5)14(13)11-16(15)21-9-7-2/h10-11H,6-9,12H2,1-5H3. The Bertz CT molecular complexity index is 552. The summed E-state index contributed by atoms with van der Waals surface area (Å²) in [5.41, 5.74) is 2.44. The second kappa shape index (κ2) is 7.40. The highest BCUT2D eigenvalue weighted by Gasteiger charge is 2.28. The van der Waals surface area contributed by atoms with E-state index in [-0.39, 0.29) is 5.54 Å². The Morgan fingerprint density at radius 2 is 1.68 bits per heavy atom. The second-order valence-electron chi connectivity index (χ2n) is 6.26. The fourth-order valence-corrected chi connectivity index (χ4v) is 3.34. The summed E-state index contributed by atoms with van der Waals surface area (Å²) in [5, 5.41) is 1.09. The summed E-state index contributed by atoms with van der Waals surface area (Å²) in [5.74, 6) is 1.71. The SMILES string of the molecule is CCCOc1cc2c(cc1OCCC)C(SC)=NC(C)(C)C2. The fraction of sp³-hybridized carbons (Fsp3) is 0.611. The summed E-state index contributed by atoms with van der Waals surface area (Å²) < 4.78 is 11.8. The third kappa shape index (κ3) is 3.97. The van der Waals surface area contributed by atoms with Crippen molar-refractivity contribution in [3.05, 3.63) is 23.3 Å². The summed E-state index contributed by atoms with van der Waals surface area (Å²) in [6, 6.07) is 4.27. The van der Waals surface area contributed by atoms with Crippen LogP contribution in [0.15, 0.2) is 17.1 Å². The van der Waals surface area contributed by atoms with Gasteiger partial charge in [-0.05, 0) is 57.1 Å². The van der Waals surface area contributed by atoms with Crippen molar-refractivity contribution >= 4 is 16.8 Å². The maximum atomic E-state index is 5.91. The van der Waals surface area contributed by atoms with Crippen molar-refractivity contribution in [3.8, 4) is 11.5 Å². The average molecular weight is 321 g/mol. The quantitative estimate of drug-likeness (QED) is 0.760. The predicted molar refractivity (Wildman–Crippen MR) is 95.8 cm³/mol. The maximum absolute atomic E-state index is 5.91. The summed E-state index contributed by atoms with van der Waals surface area (Å²) in [6.45, 7) is 10.0. The number of hydrogen-bond donors (Lipinski definition) is 0. The van der Waals surface area contributed by atoms with Crippen molar-refractivity contribution in [1.82, 2.24) is 0 Å². The van der Waals surface area contributed by atoms with Crippen LogP contribution in [0.5, 0.6) is 11.5 Å². The molecule has 0 aliphatic carbocycles. The third-order valence-corrected chi connectivity index (χ3v) is 4.24. The number of thioether (sulfide) groups is 1. The van der Waals surface area contributed by atoms with Gasteiger partial charge in [-0.3, -0.25) is 4.99 Å². The molecule has 1 aromatic carbocycles. The van der Waals surface area contributed by atoms with E-state index in [4.69, 9.17) is 14.5 Å². The first-order valence-electron chi connectivity index (χ1n) is 8.07. The minimum Gasteiger partial charge on any atom is -0.490 e. The van der Waals surface area contributed by atoms with Crippen molar-refractivity contribution in [1.29, 1.82) is 0 Å². The first-order valence-corrected chi connectivity index (χ1v) is 9.30. The molecular formula is C18H27NO2S. The van der Waals surface area contributed by atoms with Gasteiger partial charge < -0.3 is 9.47 Å². The molecule has 0 saturated carbocycles. The van der Waals surface area contributed by atoms with Crippen LogP contribution in [0.25, 0.3) is 0 Å². The molecule has 4 heteroatoms. The Hall–Kier alpha value is -1.16. The van der Waals surface area contributed by atoms with Crippen LogP contribution in [0.4, 0.5) is 0 Å². The van der Waals surface area contributed by atoms with Gasteiger partial charge in [0.1, 0.15) is 0 Å². The molecule has 3 nitrogen and oxygen atoms in total. The van der Waals surface area contributed by atoms with Crippen LogP contribution in [-0.2, 0) is 6.42 Å². The fourth-order valence-electron chi connectivity index (χ4n) is 2.59. The average Bonchev–Trinajstić information content (AvgIpc) is 2.49. The maximum Gasteiger partial charge on any atom is 0.161 e. The Balaban J connectivity index is 2.43. The summed E-state index contributed by atoms with van der Waals surface area (Å²) in [7, 11) is 0. The Morgan fingerprint density at radius 1 is 1.09 bits per heavy atom. The number of aliphatic imine (C=N–C) groups is 1. The predicted octanol–water partition coefficient (Wildman–Crippen LogP) is 4.71. The van der Waals surface area contributed by atoms with E-state index in [1.807, 2.05) is 0 Å². The lowest BCUT2D eigenvalue weighted by atomic mass is 9.89. The van der Waals surface area contributed by atoms with E-state index in [1.165, 1.54) is 11.1 Å². The van der Waals surface area contributed by atoms with Gasteiger partial charge in [-0.2, -0.15) is 0 Å². The van der Waals surface area contributed by atoms with Crippen LogP contribution < -0.4 is 9.47 Å². The minimum atomic E-state index is -0.0564. The molecule has 0 spiro atoms. The molecule has 0 unspecified atom stereocenters. The Kier molecular flexibility index (Phi) is 5.79. The molecule has 0 fully saturated rings. The lowest BCUT2D eigenvalue weighted by Crippen LogP contribution is -2.28. The number of nitrogens with zero attached hydrogens (tertiary/aromatic N) is 1. The largest absolute Gasteiger partial charge is 0.490 e. The highest BCUT2D eigenvalue weighted by Crippen LogP contribution is 2.38. The number of ether oxygens (including phenoxy) is 2. The number of hydrogen-bond acceptors (Lipinski definition) is 4. The smallest absolute Gasteiger partial charge is 0.161 e. The molecule has 0 N–H and O–H groups in total. The molecular weight excluding hydrogens is 294 g/mol. The first-order chi connectivity index (χ1) is 10.5. The molecule has 2 rings (SSSR count). The molecule has 1 aliphatic heterocycles. The monoisotopic (exact) mass is 321 g/mol. The van der Waals surface area contributed by atoms with Gasteiger partial charge in [0.25, 0.3) is 0 Å². The van der Waals surface area contributed by atoms with Crippen LogP contribution in [0.2, 0.25) is 0 Å². The lowest BCUT2D eigenvalue weighted by molar-refractivity contribution is 0.268. The molecule has 1 aliphatic rings. The number of benzene rings is 1. The van der Waals surface area contributed by atoms with Gasteiger partial charge >= 0.3 is 0 Å². The van der Waals surface area contributed by atoms with Crippen LogP contribution >= 0.6 is 11.8 Å². The topological polar surface area (TPSA) is 30.8 Å². The van der Waals surface area contributed by atoms with Crippen molar-refractivity contribution in [3.63, 3.8) is 0 Å². The van der Waals surface area contributed by atoms with E-state index in [2.05, 4.69) is 46.1 Å². The normalized spacial score (nSPS) is 16.0. The van der Waals surface area contributed by atoms with Crippen LogP contribution in [0, 0.1) is 0 Å². The van der Waals surface area contributed by atoms with Gasteiger partial charge in [0.05, 0.1) is 23.8 Å². The van der Waals surface area contributed by atoms with Gasteiger partial charge in [0.15, 0.2) is 11.5 Å². The summed E-state index contributed by atoms with van der Waals surface area (Å²) >= 11 is 1.70. The summed E-state index contributed by atoms with van der Waals surface area (Å²) in [4.78, 5) is 4.87. The molecule has 22 heavy (non-hydrogen) atoms. The molecule has 122 valence electrons. The minimum absolute atomic E-state index is 0.0564. The van der Waals surface area contributed by atoms with E-state index in [0.29, 0.717) is 13.2 Å². The van der Waals surface area contributed by atoms with E-state index in [0.717, 1.165) is 35.8 Å². The second-order valence-corrected chi connectivity index (χ2v) is 7.06. The molecule has 0 aromatic heterocycles. The van der Waals surface area contributed by atoms with E-state index in [1.54, 1.807) is 11.8 Å². The van der Waals surface area contributed by atoms with E-state index in [9.17, 15) is 0 Å². The molecule has 0 bridgehead atoms. The molecule has 0 saturated heterocycles. The Labute approximate surface area is 138 Å². The van der Waals surface area contributed by atoms with Gasteiger partial charge in [0, 0.05) is 5.56 Å². The molecule has 0 amide bonds. The van der Waals surface area contributed by atoms with Crippen molar-refractivity contribution in [2.45, 2.75) is 52.5 Å². The molecule has 1 heterocycles. The summed E-state index contributed by atoms with van der Waals surface area (Å²) in [6.07, 6.45) is 5.00. The van der Waals surface area contributed by atoms with Crippen LogP contribution in [0.3, 0.4) is 0 Å². The lowest BCUT2D eigenvalue weighted by Gasteiger charge is -2.29. The number of rotatable bonds is 6. The zero-order valence-corrected chi connectivity index (χ0v) is 15.2. The molecule has 0 radical (unpaired) electrons. The van der Waals surface area contributed by atoms with Gasteiger partial charge in [-0.1, -0.05) is 13.8 Å². The van der Waals surface area contributed by atoms with Crippen molar-refractivity contribution in [2.75, 3.05) is 19.5 Å². The number of fused-ring (bicyclic) bond motifs is 1. The molecule has 1 aromatic rings. The van der Waals surface area contributed by atoms with Gasteiger partial charge in [-0.25, -0.2) is 0 Å². The van der Waals surface area contributed by atoms with E-state index >= 15 is 0 Å². The van der Waals surface area contributed by atoms with Crippen molar-refractivity contribution in [2.24, 2.45) is 4.99 Å². The molecule has 0 atom stereocenters. The Morgan fingerprint density at radius 3 is 2.23 bits per heavy atom. The highest BCUT2D eigenvalue weighted by atomic mass is 32.2. The third-order valence-electron chi connectivity index (χ3n) is 3.54. The van der Waals surface area contributed by atoms with Crippen LogP contribution in [-0.4, -0.2) is 30.1 Å². The van der Waals surface area contributed by atoms with Crippen molar-refractivity contribution < 1.29 is 9.47 Å².